The first-order valence-electron chi connectivity index (χ1n) is 14.9. The predicted molar refractivity (Wildman–Crippen MR) is 173 cm³/mol. The molecule has 0 heterocycles. The van der Waals surface area contributed by atoms with Crippen LogP contribution in [0.2, 0.25) is 0 Å². The molecule has 0 radical (unpaired) electrons. The summed E-state index contributed by atoms with van der Waals surface area (Å²) in [5.41, 5.74) is 9.04. The number of benzene rings is 4. The van der Waals surface area contributed by atoms with Crippen LogP contribution in [0.15, 0.2) is 103 Å². The Balaban J connectivity index is 0.000000829. The lowest BCUT2D eigenvalue weighted by Crippen LogP contribution is -2.29. The Hall–Kier alpha value is -3.32. The van der Waals surface area contributed by atoms with Gasteiger partial charge in [0.15, 0.2) is 0 Å². The summed E-state index contributed by atoms with van der Waals surface area (Å²) in [5.74, 6) is 0. The maximum Gasteiger partial charge on any atom is 0.0713 e. The van der Waals surface area contributed by atoms with Gasteiger partial charge >= 0.3 is 0 Å². The lowest BCUT2D eigenvalue weighted by Gasteiger charge is -2.34. The Morgan fingerprint density at radius 2 is 0.816 bits per heavy atom. The summed E-state index contributed by atoms with van der Waals surface area (Å²) >= 11 is 0. The minimum atomic E-state index is -0.295. The topological polar surface area (TPSA) is 3.24 Å². The molecule has 0 N–H and O–H groups in total. The van der Waals surface area contributed by atoms with Gasteiger partial charge in [-0.3, -0.25) is 0 Å². The van der Waals surface area contributed by atoms with E-state index in [1.165, 1.54) is 39.1 Å². The van der Waals surface area contributed by atoms with Gasteiger partial charge in [0, 0.05) is 18.8 Å². The van der Waals surface area contributed by atoms with Crippen molar-refractivity contribution in [3.8, 4) is 11.1 Å². The van der Waals surface area contributed by atoms with Crippen LogP contribution in [0.25, 0.3) is 11.1 Å². The van der Waals surface area contributed by atoms with E-state index in [9.17, 15) is 0 Å². The van der Waals surface area contributed by atoms with Gasteiger partial charge in [-0.15, -0.1) is 0 Å². The van der Waals surface area contributed by atoms with Gasteiger partial charge in [0.05, 0.1) is 5.41 Å². The predicted octanol–water partition coefficient (Wildman–Crippen LogP) is 11.0. The lowest BCUT2D eigenvalue weighted by molar-refractivity contribution is 0.767. The van der Waals surface area contributed by atoms with Crippen LogP contribution in [0.4, 0.5) is 5.69 Å². The average molecular weight is 510 g/mol. The zero-order valence-corrected chi connectivity index (χ0v) is 25.7. The van der Waals surface area contributed by atoms with Crippen molar-refractivity contribution in [2.24, 2.45) is 0 Å². The first-order chi connectivity index (χ1) is 18.8. The molecule has 204 valence electrons. The summed E-state index contributed by atoms with van der Waals surface area (Å²) in [5, 5.41) is 0. The van der Waals surface area contributed by atoms with Crippen LogP contribution in [0, 0.1) is 0 Å². The van der Waals surface area contributed by atoms with Crippen LogP contribution in [0.1, 0.15) is 91.5 Å². The third-order valence-electron chi connectivity index (χ3n) is 6.59. The molecule has 38 heavy (non-hydrogen) atoms. The SMILES string of the molecule is CC.CC.CC.CC.CCN(CC)c1ccc(C2(c3ccccc3)c3ccccc3-c3ccccc32)cc1. The third kappa shape index (κ3) is 6.21. The Labute approximate surface area is 234 Å². The summed E-state index contributed by atoms with van der Waals surface area (Å²) < 4.78 is 0. The fraction of sp³-hybridized carbons (Fsp3) is 0.351. The largest absolute Gasteiger partial charge is 0.372 e. The molecule has 4 aromatic rings. The van der Waals surface area contributed by atoms with Crippen molar-refractivity contribution in [3.63, 3.8) is 0 Å². The van der Waals surface area contributed by atoms with Crippen molar-refractivity contribution in [3.05, 3.63) is 125 Å². The highest BCUT2D eigenvalue weighted by Gasteiger charge is 2.45. The number of hydrogen-bond donors (Lipinski definition) is 0. The van der Waals surface area contributed by atoms with Crippen LogP contribution in [0.5, 0.6) is 0 Å². The normalized spacial score (nSPS) is 11.3. The highest BCUT2D eigenvalue weighted by molar-refractivity contribution is 5.86. The van der Waals surface area contributed by atoms with Crippen LogP contribution < -0.4 is 4.90 Å². The van der Waals surface area contributed by atoms with E-state index in [0.29, 0.717) is 0 Å². The zero-order chi connectivity index (χ0) is 28.6. The quantitative estimate of drug-likeness (QED) is 0.228. The van der Waals surface area contributed by atoms with Crippen molar-refractivity contribution < 1.29 is 0 Å². The molecule has 1 aliphatic carbocycles. The molecule has 0 spiro atoms. The van der Waals surface area contributed by atoms with Gasteiger partial charge in [-0.25, -0.2) is 0 Å². The van der Waals surface area contributed by atoms with Gasteiger partial charge in [-0.05, 0) is 59.4 Å². The van der Waals surface area contributed by atoms with Gasteiger partial charge in [0.1, 0.15) is 0 Å². The number of fused-ring (bicyclic) bond motifs is 3. The van der Waals surface area contributed by atoms with Crippen molar-refractivity contribution >= 4 is 5.69 Å². The molecule has 1 nitrogen and oxygen atoms in total. The third-order valence-corrected chi connectivity index (χ3v) is 6.59. The van der Waals surface area contributed by atoms with Gasteiger partial charge in [-0.2, -0.15) is 0 Å². The molecular formula is C37H51N. The second-order valence-corrected chi connectivity index (χ2v) is 7.93. The molecule has 0 fully saturated rings. The first kappa shape index (κ1) is 32.7. The average Bonchev–Trinajstić information content (AvgIpc) is 3.34. The first-order valence-corrected chi connectivity index (χ1v) is 14.9. The van der Waals surface area contributed by atoms with Gasteiger partial charge in [0.2, 0.25) is 0 Å². The van der Waals surface area contributed by atoms with E-state index in [0.717, 1.165) is 13.1 Å². The molecule has 0 unspecified atom stereocenters. The molecule has 0 atom stereocenters. The zero-order valence-electron chi connectivity index (χ0n) is 25.7. The lowest BCUT2D eigenvalue weighted by atomic mass is 9.68. The van der Waals surface area contributed by atoms with Crippen molar-refractivity contribution in [1.82, 2.24) is 0 Å². The van der Waals surface area contributed by atoms with Crippen LogP contribution in [0.3, 0.4) is 0 Å². The van der Waals surface area contributed by atoms with Crippen molar-refractivity contribution in [1.29, 1.82) is 0 Å². The minimum Gasteiger partial charge on any atom is -0.372 e. The molecule has 0 saturated carbocycles. The summed E-state index contributed by atoms with van der Waals surface area (Å²) in [6.07, 6.45) is 0. The molecule has 0 aliphatic heterocycles. The van der Waals surface area contributed by atoms with Crippen LogP contribution >= 0.6 is 0 Å². The Morgan fingerprint density at radius 1 is 0.447 bits per heavy atom. The molecular weight excluding hydrogens is 458 g/mol. The highest BCUT2D eigenvalue weighted by Crippen LogP contribution is 2.55. The summed E-state index contributed by atoms with van der Waals surface area (Å²) in [6, 6.07) is 38.0. The van der Waals surface area contributed by atoms with Gasteiger partial charge in [0.25, 0.3) is 0 Å². The second-order valence-electron chi connectivity index (χ2n) is 7.93. The monoisotopic (exact) mass is 509 g/mol. The van der Waals surface area contributed by atoms with E-state index >= 15 is 0 Å². The van der Waals surface area contributed by atoms with Crippen LogP contribution in [-0.2, 0) is 5.41 Å². The maximum absolute atomic E-state index is 2.40. The molecule has 0 saturated heterocycles. The highest BCUT2D eigenvalue weighted by atomic mass is 15.1. The Kier molecular flexibility index (Phi) is 14.8. The van der Waals surface area contributed by atoms with Crippen molar-refractivity contribution in [2.45, 2.75) is 74.7 Å². The van der Waals surface area contributed by atoms with Gasteiger partial charge < -0.3 is 4.90 Å². The molecule has 0 amide bonds. The molecule has 0 aromatic heterocycles. The molecule has 4 aromatic carbocycles. The molecule has 0 bridgehead atoms. The van der Waals surface area contributed by atoms with E-state index in [2.05, 4.69) is 122 Å². The fourth-order valence-corrected chi connectivity index (χ4v) is 5.22. The Morgan fingerprint density at radius 3 is 1.24 bits per heavy atom. The van der Waals surface area contributed by atoms with Gasteiger partial charge in [-0.1, -0.05) is 146 Å². The Bertz CT molecular complexity index is 1110. The summed E-state index contributed by atoms with van der Waals surface area (Å²) in [6.45, 7) is 22.5. The summed E-state index contributed by atoms with van der Waals surface area (Å²) in [7, 11) is 0. The van der Waals surface area contributed by atoms with E-state index in [4.69, 9.17) is 0 Å². The maximum atomic E-state index is 2.40. The molecule has 1 aliphatic rings. The van der Waals surface area contributed by atoms with E-state index in [-0.39, 0.29) is 5.41 Å². The summed E-state index contributed by atoms with van der Waals surface area (Å²) in [4.78, 5) is 2.40. The standard InChI is InChI=1S/C29H27N.4C2H6/c1-3-30(4-2)24-20-18-23(19-21-24)29(22-12-6-5-7-13-22)27-16-10-8-14-25(27)26-15-9-11-17-28(26)29;4*1-2/h5-21H,3-4H2,1-2H3;4*1-2H3. The second kappa shape index (κ2) is 17.2. The minimum absolute atomic E-state index is 0.295. The van der Waals surface area contributed by atoms with E-state index in [1.807, 2.05) is 55.4 Å². The smallest absolute Gasteiger partial charge is 0.0713 e. The van der Waals surface area contributed by atoms with E-state index in [1.54, 1.807) is 0 Å². The number of nitrogens with zero attached hydrogens (tertiary/aromatic N) is 1. The molecule has 1 heteroatoms. The van der Waals surface area contributed by atoms with E-state index < -0.39 is 0 Å². The van der Waals surface area contributed by atoms with Crippen LogP contribution in [-0.4, -0.2) is 13.1 Å². The molecule has 5 rings (SSSR count). The number of rotatable bonds is 5. The fourth-order valence-electron chi connectivity index (χ4n) is 5.22. The number of hydrogen-bond acceptors (Lipinski definition) is 1. The number of anilines is 1. The van der Waals surface area contributed by atoms with Crippen molar-refractivity contribution in [2.75, 3.05) is 18.0 Å².